The molecule has 20 heavy (non-hydrogen) atoms. The lowest BCUT2D eigenvalue weighted by molar-refractivity contribution is 0.104. The normalized spacial score (nSPS) is 10.8. The van der Waals surface area contributed by atoms with Crippen molar-refractivity contribution in [2.75, 3.05) is 13.2 Å². The first kappa shape index (κ1) is 14.6. The summed E-state index contributed by atoms with van der Waals surface area (Å²) in [5.41, 5.74) is 1.59. The highest BCUT2D eigenvalue weighted by Gasteiger charge is 2.02. The summed E-state index contributed by atoms with van der Waals surface area (Å²) in [5, 5.41) is 12.9. The molecular weight excluding hydrogens is 256 g/mol. The van der Waals surface area contributed by atoms with E-state index in [9.17, 15) is 5.11 Å². The van der Waals surface area contributed by atoms with Gasteiger partial charge in [-0.05, 0) is 44.2 Å². The number of aromatic hydroxyl groups is 1. The van der Waals surface area contributed by atoms with Crippen LogP contribution in [0.4, 0.5) is 0 Å². The molecule has 0 aliphatic heterocycles. The van der Waals surface area contributed by atoms with Gasteiger partial charge in [-0.15, -0.1) is 0 Å². The predicted octanol–water partition coefficient (Wildman–Crippen LogP) is 2.39. The quantitative estimate of drug-likeness (QED) is 0.725. The Hall–Kier alpha value is -1.85. The summed E-state index contributed by atoms with van der Waals surface area (Å²) in [4.78, 5) is 4.28. The van der Waals surface area contributed by atoms with E-state index in [0.29, 0.717) is 25.5 Å². The van der Waals surface area contributed by atoms with Crippen molar-refractivity contribution in [1.29, 1.82) is 0 Å². The standard InChI is InChI=1S/C15H20N2O3/c1-12-5-6-15(18)14(17-12)10-16-7-3-8-19-11-13-4-2-9-20-13/h2,4-6,9,16,18H,3,7-8,10-11H2,1H3. The highest BCUT2D eigenvalue weighted by molar-refractivity contribution is 5.27. The van der Waals surface area contributed by atoms with Gasteiger partial charge in [-0.25, -0.2) is 0 Å². The number of aromatic nitrogens is 1. The van der Waals surface area contributed by atoms with E-state index in [1.807, 2.05) is 19.1 Å². The summed E-state index contributed by atoms with van der Waals surface area (Å²) in [6.07, 6.45) is 2.54. The minimum atomic E-state index is 0.233. The second kappa shape index (κ2) is 7.67. The summed E-state index contributed by atoms with van der Waals surface area (Å²) in [5.74, 6) is 1.07. The molecule has 5 nitrogen and oxygen atoms in total. The molecule has 0 aliphatic rings. The van der Waals surface area contributed by atoms with Gasteiger partial charge in [0.05, 0.1) is 12.0 Å². The van der Waals surface area contributed by atoms with Crippen molar-refractivity contribution in [3.63, 3.8) is 0 Å². The number of hydrogen-bond donors (Lipinski definition) is 2. The van der Waals surface area contributed by atoms with E-state index in [2.05, 4.69) is 10.3 Å². The third-order valence-corrected chi connectivity index (χ3v) is 2.85. The van der Waals surface area contributed by atoms with Crippen molar-refractivity contribution in [2.45, 2.75) is 26.5 Å². The molecule has 0 saturated heterocycles. The fourth-order valence-electron chi connectivity index (χ4n) is 1.81. The van der Waals surface area contributed by atoms with Crippen molar-refractivity contribution in [1.82, 2.24) is 10.3 Å². The molecule has 0 unspecified atom stereocenters. The predicted molar refractivity (Wildman–Crippen MR) is 75.3 cm³/mol. The summed E-state index contributed by atoms with van der Waals surface area (Å²) in [6.45, 7) is 4.46. The van der Waals surface area contributed by atoms with Crippen LogP contribution >= 0.6 is 0 Å². The molecule has 0 bridgehead atoms. The van der Waals surface area contributed by atoms with E-state index in [4.69, 9.17) is 9.15 Å². The van der Waals surface area contributed by atoms with Gasteiger partial charge in [0.15, 0.2) is 0 Å². The average Bonchev–Trinajstić information content (AvgIpc) is 2.94. The van der Waals surface area contributed by atoms with Crippen LogP contribution in [0.2, 0.25) is 0 Å². The Labute approximate surface area is 118 Å². The molecule has 0 amide bonds. The van der Waals surface area contributed by atoms with Gasteiger partial charge in [-0.2, -0.15) is 0 Å². The minimum Gasteiger partial charge on any atom is -0.506 e. The molecular formula is C15H20N2O3. The number of ether oxygens (including phenoxy) is 1. The number of nitrogens with zero attached hydrogens (tertiary/aromatic N) is 1. The van der Waals surface area contributed by atoms with Crippen molar-refractivity contribution >= 4 is 0 Å². The number of pyridine rings is 1. The van der Waals surface area contributed by atoms with Crippen LogP contribution in [0, 0.1) is 6.92 Å². The van der Waals surface area contributed by atoms with Crippen LogP contribution in [-0.2, 0) is 17.9 Å². The first-order chi connectivity index (χ1) is 9.75. The van der Waals surface area contributed by atoms with Crippen molar-refractivity contribution in [3.8, 4) is 5.75 Å². The fourth-order valence-corrected chi connectivity index (χ4v) is 1.81. The average molecular weight is 276 g/mol. The molecule has 2 rings (SSSR count). The van der Waals surface area contributed by atoms with Gasteiger partial charge < -0.3 is 19.6 Å². The van der Waals surface area contributed by atoms with Crippen LogP contribution in [0.3, 0.4) is 0 Å². The van der Waals surface area contributed by atoms with Gasteiger partial charge in [0.25, 0.3) is 0 Å². The summed E-state index contributed by atoms with van der Waals surface area (Å²) in [7, 11) is 0. The molecule has 0 atom stereocenters. The third kappa shape index (κ3) is 4.68. The van der Waals surface area contributed by atoms with E-state index in [0.717, 1.165) is 24.4 Å². The van der Waals surface area contributed by atoms with Crippen molar-refractivity contribution < 1.29 is 14.3 Å². The first-order valence-corrected chi connectivity index (χ1v) is 6.72. The summed E-state index contributed by atoms with van der Waals surface area (Å²) in [6, 6.07) is 7.21. The molecule has 0 aromatic carbocycles. The first-order valence-electron chi connectivity index (χ1n) is 6.72. The van der Waals surface area contributed by atoms with Crippen LogP contribution < -0.4 is 5.32 Å². The van der Waals surface area contributed by atoms with Gasteiger partial charge in [0.2, 0.25) is 0 Å². The molecule has 0 fully saturated rings. The lowest BCUT2D eigenvalue weighted by Crippen LogP contribution is -2.17. The molecule has 2 aromatic rings. The molecule has 5 heteroatoms. The van der Waals surface area contributed by atoms with Crippen LogP contribution in [0.1, 0.15) is 23.6 Å². The Morgan fingerprint density at radius 2 is 2.25 bits per heavy atom. The molecule has 0 aliphatic carbocycles. The minimum absolute atomic E-state index is 0.233. The third-order valence-electron chi connectivity index (χ3n) is 2.85. The molecule has 2 heterocycles. The van der Waals surface area contributed by atoms with Crippen molar-refractivity contribution in [2.24, 2.45) is 0 Å². The maximum absolute atomic E-state index is 9.64. The van der Waals surface area contributed by atoms with E-state index < -0.39 is 0 Å². The molecule has 2 N–H and O–H groups in total. The Balaban J connectivity index is 1.56. The van der Waals surface area contributed by atoms with E-state index in [-0.39, 0.29) is 5.75 Å². The number of rotatable bonds is 8. The maximum atomic E-state index is 9.64. The second-order valence-electron chi connectivity index (χ2n) is 4.58. The lowest BCUT2D eigenvalue weighted by atomic mass is 10.3. The smallest absolute Gasteiger partial charge is 0.138 e. The number of nitrogens with one attached hydrogen (secondary N) is 1. The zero-order chi connectivity index (χ0) is 14.2. The Morgan fingerprint density at radius 1 is 1.35 bits per heavy atom. The van der Waals surface area contributed by atoms with Crippen LogP contribution in [0.5, 0.6) is 5.75 Å². The van der Waals surface area contributed by atoms with E-state index in [1.54, 1.807) is 18.4 Å². The molecule has 0 spiro atoms. The van der Waals surface area contributed by atoms with E-state index in [1.165, 1.54) is 0 Å². The SMILES string of the molecule is Cc1ccc(O)c(CNCCCOCc2ccco2)n1. The zero-order valence-corrected chi connectivity index (χ0v) is 11.6. The van der Waals surface area contributed by atoms with E-state index >= 15 is 0 Å². The maximum Gasteiger partial charge on any atom is 0.138 e. The highest BCUT2D eigenvalue weighted by atomic mass is 16.5. The van der Waals surface area contributed by atoms with Gasteiger partial charge >= 0.3 is 0 Å². The monoisotopic (exact) mass is 276 g/mol. The Bertz CT molecular complexity index is 512. The molecule has 0 saturated carbocycles. The number of furan rings is 1. The molecule has 0 radical (unpaired) electrons. The molecule has 2 aromatic heterocycles. The van der Waals surface area contributed by atoms with Crippen molar-refractivity contribution in [3.05, 3.63) is 47.7 Å². The number of hydrogen-bond acceptors (Lipinski definition) is 5. The van der Waals surface area contributed by atoms with Gasteiger partial charge in [0.1, 0.15) is 18.1 Å². The second-order valence-corrected chi connectivity index (χ2v) is 4.58. The zero-order valence-electron chi connectivity index (χ0n) is 11.6. The topological polar surface area (TPSA) is 67.5 Å². The largest absolute Gasteiger partial charge is 0.506 e. The summed E-state index contributed by atoms with van der Waals surface area (Å²) < 4.78 is 10.6. The Morgan fingerprint density at radius 3 is 3.05 bits per heavy atom. The summed E-state index contributed by atoms with van der Waals surface area (Å²) >= 11 is 0. The van der Waals surface area contributed by atoms with Gasteiger partial charge in [0, 0.05) is 18.8 Å². The van der Waals surface area contributed by atoms with Crippen LogP contribution in [0.25, 0.3) is 0 Å². The Kier molecular flexibility index (Phi) is 5.58. The molecule has 108 valence electrons. The van der Waals surface area contributed by atoms with Gasteiger partial charge in [-0.1, -0.05) is 0 Å². The fraction of sp³-hybridized carbons (Fsp3) is 0.400. The van der Waals surface area contributed by atoms with Gasteiger partial charge in [-0.3, -0.25) is 4.98 Å². The van der Waals surface area contributed by atoms with Crippen LogP contribution in [-0.4, -0.2) is 23.2 Å². The number of aryl methyl sites for hydroxylation is 1. The lowest BCUT2D eigenvalue weighted by Gasteiger charge is -2.07. The highest BCUT2D eigenvalue weighted by Crippen LogP contribution is 2.13. The van der Waals surface area contributed by atoms with Crippen LogP contribution in [0.15, 0.2) is 34.9 Å².